The van der Waals surface area contributed by atoms with Crippen LogP contribution in [0.5, 0.6) is 0 Å². The Morgan fingerprint density at radius 2 is 1.71 bits per heavy atom. The summed E-state index contributed by atoms with van der Waals surface area (Å²) in [4.78, 5) is 15.0. The van der Waals surface area contributed by atoms with E-state index >= 15 is 0 Å². The first kappa shape index (κ1) is 23.0. The monoisotopic (exact) mass is 441 g/mol. The summed E-state index contributed by atoms with van der Waals surface area (Å²) in [7, 11) is -3.57. The zero-order valence-electron chi connectivity index (χ0n) is 18.5. The molecule has 0 spiro atoms. The summed E-state index contributed by atoms with van der Waals surface area (Å²) >= 11 is 0. The van der Waals surface area contributed by atoms with Crippen molar-refractivity contribution in [3.63, 3.8) is 0 Å². The number of rotatable bonds is 10. The number of likely N-dealkylation sites (N-methyl/N-ethyl adjacent to an activating group) is 1. The van der Waals surface area contributed by atoms with E-state index in [0.717, 1.165) is 36.3 Å². The Kier molecular flexibility index (Phi) is 7.51. The number of para-hydroxylation sites is 1. The fourth-order valence-corrected chi connectivity index (χ4v) is 5.43. The lowest BCUT2D eigenvalue weighted by molar-refractivity contribution is -0.121. The van der Waals surface area contributed by atoms with Gasteiger partial charge in [0.25, 0.3) is 0 Å². The van der Waals surface area contributed by atoms with E-state index in [1.807, 2.05) is 49.4 Å². The van der Waals surface area contributed by atoms with Gasteiger partial charge in [-0.05, 0) is 37.2 Å². The number of aryl methyl sites for hydroxylation is 1. The zero-order chi connectivity index (χ0) is 22.4. The summed E-state index contributed by atoms with van der Waals surface area (Å²) < 4.78 is 28.3. The summed E-state index contributed by atoms with van der Waals surface area (Å²) in [6.45, 7) is 9.43. The van der Waals surface area contributed by atoms with Gasteiger partial charge in [-0.3, -0.25) is 4.79 Å². The predicted octanol–water partition coefficient (Wildman–Crippen LogP) is 3.38. The van der Waals surface area contributed by atoms with Crippen molar-refractivity contribution in [1.82, 2.24) is 14.8 Å². The summed E-state index contributed by atoms with van der Waals surface area (Å²) in [5.41, 5.74) is 2.47. The van der Waals surface area contributed by atoms with Crippen LogP contribution in [-0.2, 0) is 26.9 Å². The molecule has 1 heterocycles. The molecule has 7 heteroatoms. The van der Waals surface area contributed by atoms with Crippen molar-refractivity contribution in [1.29, 1.82) is 0 Å². The molecule has 0 unspecified atom stereocenters. The molecule has 0 radical (unpaired) electrons. The van der Waals surface area contributed by atoms with Gasteiger partial charge in [0.1, 0.15) is 6.54 Å². The predicted molar refractivity (Wildman–Crippen MR) is 125 cm³/mol. The number of fused-ring (bicyclic) bond motifs is 1. The molecule has 1 N–H and O–H groups in total. The van der Waals surface area contributed by atoms with Gasteiger partial charge < -0.3 is 14.8 Å². The minimum Gasteiger partial charge on any atom is -0.353 e. The maximum atomic E-state index is 13.3. The highest BCUT2D eigenvalue weighted by Crippen LogP contribution is 2.28. The highest BCUT2D eigenvalue weighted by molar-refractivity contribution is 7.90. The Bertz CT molecular complexity index is 1150. The van der Waals surface area contributed by atoms with Crippen molar-refractivity contribution in [3.05, 3.63) is 65.9 Å². The standard InChI is InChI=1S/C24H31N3O3S/c1-4-26(5-2)15-14-25-24(28)17-27-16-23(21-12-8-9-13-22(21)27)31(29,30)18-20-11-7-6-10-19(20)3/h6-13,16H,4-5,14-15,17-18H2,1-3H3,(H,25,28). The van der Waals surface area contributed by atoms with Crippen LogP contribution in [0.1, 0.15) is 25.0 Å². The van der Waals surface area contributed by atoms with Gasteiger partial charge in [-0.15, -0.1) is 0 Å². The molecular formula is C24H31N3O3S. The lowest BCUT2D eigenvalue weighted by Gasteiger charge is -2.18. The fraction of sp³-hybridized carbons (Fsp3) is 0.375. The Morgan fingerprint density at radius 1 is 1.03 bits per heavy atom. The van der Waals surface area contributed by atoms with Crippen molar-refractivity contribution >= 4 is 26.6 Å². The number of benzene rings is 2. The molecule has 0 aliphatic heterocycles. The van der Waals surface area contributed by atoms with Gasteiger partial charge in [0, 0.05) is 30.2 Å². The molecule has 0 saturated heterocycles. The van der Waals surface area contributed by atoms with Crippen LogP contribution < -0.4 is 5.32 Å². The quantitative estimate of drug-likeness (QED) is 0.524. The Labute approximate surface area is 184 Å². The lowest BCUT2D eigenvalue weighted by Crippen LogP contribution is -2.36. The number of carbonyl (C=O) groups is 1. The Balaban J connectivity index is 1.82. The summed E-state index contributed by atoms with van der Waals surface area (Å²) in [5, 5.41) is 3.58. The second kappa shape index (κ2) is 10.1. The van der Waals surface area contributed by atoms with E-state index in [0.29, 0.717) is 11.9 Å². The molecule has 1 aromatic heterocycles. The van der Waals surface area contributed by atoms with Crippen molar-refractivity contribution in [2.75, 3.05) is 26.2 Å². The maximum Gasteiger partial charge on any atom is 0.239 e. The van der Waals surface area contributed by atoms with E-state index in [1.54, 1.807) is 16.8 Å². The minimum atomic E-state index is -3.57. The number of carbonyl (C=O) groups excluding carboxylic acids is 1. The van der Waals surface area contributed by atoms with Crippen LogP contribution in [0.2, 0.25) is 0 Å². The third-order valence-electron chi connectivity index (χ3n) is 5.65. The molecule has 0 saturated carbocycles. The summed E-state index contributed by atoms with van der Waals surface area (Å²) in [6, 6.07) is 14.8. The minimum absolute atomic E-state index is 0.0657. The number of nitrogens with one attached hydrogen (secondary N) is 1. The Hall–Kier alpha value is -2.64. The van der Waals surface area contributed by atoms with E-state index < -0.39 is 9.84 Å². The third kappa shape index (κ3) is 5.54. The highest BCUT2D eigenvalue weighted by atomic mass is 32.2. The fourth-order valence-electron chi connectivity index (χ4n) is 3.75. The van der Waals surface area contributed by atoms with Crippen LogP contribution in [0.25, 0.3) is 10.9 Å². The largest absolute Gasteiger partial charge is 0.353 e. The molecule has 0 bridgehead atoms. The van der Waals surface area contributed by atoms with E-state index in [4.69, 9.17) is 0 Å². The van der Waals surface area contributed by atoms with E-state index in [-0.39, 0.29) is 23.1 Å². The smallest absolute Gasteiger partial charge is 0.239 e. The van der Waals surface area contributed by atoms with Crippen LogP contribution in [0.4, 0.5) is 0 Å². The normalized spacial score (nSPS) is 11.9. The number of hydrogen-bond acceptors (Lipinski definition) is 4. The first-order valence-electron chi connectivity index (χ1n) is 10.7. The van der Waals surface area contributed by atoms with Crippen LogP contribution in [0, 0.1) is 6.92 Å². The molecule has 0 aliphatic rings. The van der Waals surface area contributed by atoms with Gasteiger partial charge in [-0.25, -0.2) is 8.42 Å². The second-order valence-corrected chi connectivity index (χ2v) is 9.66. The molecular weight excluding hydrogens is 410 g/mol. The van der Waals surface area contributed by atoms with Crippen molar-refractivity contribution < 1.29 is 13.2 Å². The van der Waals surface area contributed by atoms with Gasteiger partial charge >= 0.3 is 0 Å². The molecule has 31 heavy (non-hydrogen) atoms. The highest BCUT2D eigenvalue weighted by Gasteiger charge is 2.23. The van der Waals surface area contributed by atoms with Gasteiger partial charge in [-0.2, -0.15) is 0 Å². The molecule has 3 rings (SSSR count). The van der Waals surface area contributed by atoms with Crippen LogP contribution in [-0.4, -0.2) is 50.0 Å². The maximum absolute atomic E-state index is 13.3. The second-order valence-electron chi connectivity index (χ2n) is 7.70. The van der Waals surface area contributed by atoms with Crippen LogP contribution in [0.3, 0.4) is 0 Å². The lowest BCUT2D eigenvalue weighted by atomic mass is 10.1. The van der Waals surface area contributed by atoms with Crippen LogP contribution in [0.15, 0.2) is 59.6 Å². The SMILES string of the molecule is CCN(CC)CCNC(=O)Cn1cc(S(=O)(=O)Cc2ccccc2C)c2ccccc21. The molecule has 0 atom stereocenters. The zero-order valence-corrected chi connectivity index (χ0v) is 19.3. The van der Waals surface area contributed by atoms with Gasteiger partial charge in [0.05, 0.1) is 10.6 Å². The van der Waals surface area contributed by atoms with Gasteiger partial charge in [0.2, 0.25) is 5.91 Å². The molecule has 2 aromatic carbocycles. The topological polar surface area (TPSA) is 71.4 Å². The molecule has 3 aromatic rings. The van der Waals surface area contributed by atoms with Crippen LogP contribution >= 0.6 is 0 Å². The number of nitrogens with zero attached hydrogens (tertiary/aromatic N) is 2. The molecule has 6 nitrogen and oxygen atoms in total. The van der Waals surface area contributed by atoms with E-state index in [2.05, 4.69) is 24.1 Å². The first-order chi connectivity index (χ1) is 14.9. The average Bonchev–Trinajstić information content (AvgIpc) is 3.12. The van der Waals surface area contributed by atoms with Gasteiger partial charge in [-0.1, -0.05) is 56.3 Å². The number of amides is 1. The van der Waals surface area contributed by atoms with Crippen molar-refractivity contribution in [2.45, 2.75) is 38.0 Å². The van der Waals surface area contributed by atoms with Crippen molar-refractivity contribution in [2.24, 2.45) is 0 Å². The first-order valence-corrected chi connectivity index (χ1v) is 12.3. The van der Waals surface area contributed by atoms with Gasteiger partial charge in [0.15, 0.2) is 9.84 Å². The molecule has 0 fully saturated rings. The molecule has 1 amide bonds. The Morgan fingerprint density at radius 3 is 2.42 bits per heavy atom. The number of hydrogen-bond donors (Lipinski definition) is 1. The van der Waals surface area contributed by atoms with Crippen molar-refractivity contribution in [3.8, 4) is 0 Å². The van der Waals surface area contributed by atoms with E-state index in [1.165, 1.54) is 0 Å². The van der Waals surface area contributed by atoms with E-state index in [9.17, 15) is 13.2 Å². The summed E-state index contributed by atoms with van der Waals surface area (Å²) in [5.74, 6) is -0.195. The number of sulfone groups is 1. The molecule has 166 valence electrons. The average molecular weight is 442 g/mol. The molecule has 0 aliphatic carbocycles. The number of aromatic nitrogens is 1. The third-order valence-corrected chi connectivity index (χ3v) is 7.34. The summed E-state index contributed by atoms with van der Waals surface area (Å²) in [6.07, 6.45) is 1.60.